The van der Waals surface area contributed by atoms with Gasteiger partial charge in [-0.1, -0.05) is 18.6 Å². The number of hydrogen-bond acceptors (Lipinski definition) is 4. The Morgan fingerprint density at radius 3 is 2.55 bits per heavy atom. The molecule has 0 aromatic heterocycles. The summed E-state index contributed by atoms with van der Waals surface area (Å²) in [6.45, 7) is 2.17. The maximum atomic E-state index is 13.1. The van der Waals surface area contributed by atoms with Gasteiger partial charge in [-0.15, -0.1) is 0 Å². The SMILES string of the molecule is CCO[C@@H]1OC(C(=O)NC2CC3CCC2C3)=C[C@H](c2ccc(C(F)(F)F)cc2)[C@@H]1CCCO. The Balaban J connectivity index is 1.60. The highest BCUT2D eigenvalue weighted by Gasteiger charge is 2.42. The molecule has 1 heterocycles. The largest absolute Gasteiger partial charge is 0.459 e. The van der Waals surface area contributed by atoms with Gasteiger partial charge < -0.3 is 19.9 Å². The second-order valence-corrected chi connectivity index (χ2v) is 9.40. The number of amides is 1. The molecule has 1 aromatic rings. The van der Waals surface area contributed by atoms with Crippen molar-refractivity contribution in [3.8, 4) is 0 Å². The summed E-state index contributed by atoms with van der Waals surface area (Å²) < 4.78 is 51.0. The lowest BCUT2D eigenvalue weighted by molar-refractivity contribution is -0.167. The molecular weight excluding hydrogens is 435 g/mol. The van der Waals surface area contributed by atoms with E-state index < -0.39 is 18.0 Å². The number of alkyl halides is 3. The topological polar surface area (TPSA) is 67.8 Å². The lowest BCUT2D eigenvalue weighted by atomic mass is 9.80. The quantitative estimate of drug-likeness (QED) is 0.579. The fourth-order valence-corrected chi connectivity index (χ4v) is 5.70. The van der Waals surface area contributed by atoms with Crippen LogP contribution >= 0.6 is 0 Å². The summed E-state index contributed by atoms with van der Waals surface area (Å²) in [5.41, 5.74) is -0.0611. The highest BCUT2D eigenvalue weighted by atomic mass is 19.4. The Kier molecular flexibility index (Phi) is 7.34. The van der Waals surface area contributed by atoms with Crippen molar-refractivity contribution < 1.29 is 32.5 Å². The van der Waals surface area contributed by atoms with E-state index in [1.165, 1.54) is 18.6 Å². The number of fused-ring (bicyclic) bond motifs is 2. The van der Waals surface area contributed by atoms with Gasteiger partial charge in [0.25, 0.3) is 5.91 Å². The summed E-state index contributed by atoms with van der Waals surface area (Å²) in [4.78, 5) is 13.1. The fraction of sp³-hybridized carbons (Fsp3) is 0.640. The Labute approximate surface area is 192 Å². The van der Waals surface area contributed by atoms with E-state index in [2.05, 4.69) is 5.32 Å². The summed E-state index contributed by atoms with van der Waals surface area (Å²) in [7, 11) is 0. The molecule has 33 heavy (non-hydrogen) atoms. The van der Waals surface area contributed by atoms with Crippen LogP contribution in [-0.4, -0.2) is 36.6 Å². The van der Waals surface area contributed by atoms with Crippen molar-refractivity contribution in [3.05, 3.63) is 47.2 Å². The molecule has 182 valence electrons. The van der Waals surface area contributed by atoms with E-state index in [4.69, 9.17) is 9.47 Å². The summed E-state index contributed by atoms with van der Waals surface area (Å²) in [6, 6.07) is 5.17. The van der Waals surface area contributed by atoms with Gasteiger partial charge in [-0.25, -0.2) is 0 Å². The minimum atomic E-state index is -4.42. The summed E-state index contributed by atoms with van der Waals surface area (Å²) in [5.74, 6) is 0.434. The number of hydrogen-bond donors (Lipinski definition) is 2. The predicted octanol–water partition coefficient (Wildman–Crippen LogP) is 4.76. The van der Waals surface area contributed by atoms with Gasteiger partial charge in [0.2, 0.25) is 6.29 Å². The van der Waals surface area contributed by atoms with Crippen LogP contribution in [0.15, 0.2) is 36.1 Å². The molecular formula is C25H32F3NO4. The molecule has 1 amide bonds. The minimum absolute atomic E-state index is 0.0175. The maximum Gasteiger partial charge on any atom is 0.416 e. The third kappa shape index (κ3) is 5.38. The molecule has 3 unspecified atom stereocenters. The molecule has 2 bridgehead atoms. The third-order valence-corrected chi connectivity index (χ3v) is 7.31. The van der Waals surface area contributed by atoms with Crippen LogP contribution in [-0.2, 0) is 20.4 Å². The molecule has 0 spiro atoms. The van der Waals surface area contributed by atoms with Crippen LogP contribution in [0.2, 0.25) is 0 Å². The van der Waals surface area contributed by atoms with E-state index in [1.807, 2.05) is 6.92 Å². The first kappa shape index (κ1) is 24.1. The van der Waals surface area contributed by atoms with Gasteiger partial charge in [-0.3, -0.25) is 4.79 Å². The van der Waals surface area contributed by atoms with Crippen LogP contribution in [0.4, 0.5) is 13.2 Å². The van der Waals surface area contributed by atoms with Gasteiger partial charge in [-0.2, -0.15) is 13.2 Å². The molecule has 5 nitrogen and oxygen atoms in total. The summed E-state index contributed by atoms with van der Waals surface area (Å²) >= 11 is 0. The molecule has 4 rings (SSSR count). The van der Waals surface area contributed by atoms with Crippen LogP contribution in [0.25, 0.3) is 0 Å². The zero-order valence-corrected chi connectivity index (χ0v) is 18.8. The van der Waals surface area contributed by atoms with Crippen LogP contribution in [0.1, 0.15) is 62.5 Å². The number of nitrogens with one attached hydrogen (secondary N) is 1. The first-order chi connectivity index (χ1) is 15.8. The normalized spacial score (nSPS) is 31.2. The molecule has 2 fully saturated rings. The van der Waals surface area contributed by atoms with Crippen molar-refractivity contribution >= 4 is 5.91 Å². The molecule has 2 saturated carbocycles. The number of ether oxygens (including phenoxy) is 2. The second kappa shape index (κ2) is 10.1. The first-order valence-electron chi connectivity index (χ1n) is 11.9. The van der Waals surface area contributed by atoms with Crippen molar-refractivity contribution in [2.75, 3.05) is 13.2 Å². The van der Waals surface area contributed by atoms with Crippen molar-refractivity contribution in [3.63, 3.8) is 0 Å². The van der Waals surface area contributed by atoms with Crippen molar-refractivity contribution in [2.45, 2.75) is 69.9 Å². The van der Waals surface area contributed by atoms with E-state index in [-0.39, 0.29) is 36.2 Å². The molecule has 0 saturated heterocycles. The number of carbonyl (C=O) groups is 1. The number of aliphatic hydroxyl groups excluding tert-OH is 1. The standard InChI is InChI=1S/C25H32F3NO4/c1-2-32-24-19(4-3-11-30)20(16-7-9-18(10-8-16)25(26,27)28)14-22(33-24)23(31)29-21-13-15-5-6-17(21)12-15/h7-10,14-15,17,19-21,24,30H,2-6,11-13H2,1H3,(H,29,31)/t15?,17?,19-,20+,21?,24+/m0/s1. The van der Waals surface area contributed by atoms with Crippen LogP contribution in [0, 0.1) is 17.8 Å². The molecule has 1 aromatic carbocycles. The van der Waals surface area contributed by atoms with Gasteiger partial charge >= 0.3 is 6.18 Å². The zero-order valence-electron chi connectivity index (χ0n) is 18.8. The third-order valence-electron chi connectivity index (χ3n) is 7.31. The maximum absolute atomic E-state index is 13.1. The zero-order chi connectivity index (χ0) is 23.6. The van der Waals surface area contributed by atoms with Crippen molar-refractivity contribution in [2.24, 2.45) is 17.8 Å². The molecule has 0 radical (unpaired) electrons. The Morgan fingerprint density at radius 2 is 1.97 bits per heavy atom. The molecule has 6 atom stereocenters. The number of allylic oxidation sites excluding steroid dienone is 1. The number of benzene rings is 1. The Hall–Kier alpha value is -2.06. The van der Waals surface area contributed by atoms with Crippen LogP contribution in [0.3, 0.4) is 0 Å². The smallest absolute Gasteiger partial charge is 0.416 e. The molecule has 3 aliphatic rings. The van der Waals surface area contributed by atoms with E-state index >= 15 is 0 Å². The average Bonchev–Trinajstić information content (AvgIpc) is 3.41. The lowest BCUT2D eigenvalue weighted by Crippen LogP contribution is -2.43. The predicted molar refractivity (Wildman–Crippen MR) is 116 cm³/mol. The van der Waals surface area contributed by atoms with E-state index in [0.717, 1.165) is 31.4 Å². The number of halogens is 3. The Bertz CT molecular complexity index is 854. The summed E-state index contributed by atoms with van der Waals surface area (Å²) in [5, 5.41) is 12.5. The minimum Gasteiger partial charge on any atom is -0.459 e. The number of rotatable bonds is 8. The van der Waals surface area contributed by atoms with E-state index in [1.54, 1.807) is 6.08 Å². The van der Waals surface area contributed by atoms with Crippen molar-refractivity contribution in [1.29, 1.82) is 0 Å². The highest BCUT2D eigenvalue weighted by Crippen LogP contribution is 2.45. The van der Waals surface area contributed by atoms with Crippen LogP contribution < -0.4 is 5.32 Å². The van der Waals surface area contributed by atoms with Gasteiger partial charge in [0, 0.05) is 31.1 Å². The second-order valence-electron chi connectivity index (χ2n) is 9.40. The van der Waals surface area contributed by atoms with E-state index in [9.17, 15) is 23.1 Å². The van der Waals surface area contributed by atoms with Gasteiger partial charge in [0.1, 0.15) is 0 Å². The summed E-state index contributed by atoms with van der Waals surface area (Å²) in [6.07, 6.45) is 2.12. The van der Waals surface area contributed by atoms with Gasteiger partial charge in [-0.05, 0) is 74.6 Å². The Morgan fingerprint density at radius 1 is 1.21 bits per heavy atom. The molecule has 1 aliphatic heterocycles. The molecule has 8 heteroatoms. The monoisotopic (exact) mass is 467 g/mol. The highest BCUT2D eigenvalue weighted by molar-refractivity contribution is 5.92. The number of carbonyl (C=O) groups excluding carboxylic acids is 1. The van der Waals surface area contributed by atoms with Gasteiger partial charge in [0.05, 0.1) is 5.56 Å². The molecule has 2 N–H and O–H groups in total. The van der Waals surface area contributed by atoms with Crippen LogP contribution in [0.5, 0.6) is 0 Å². The fourth-order valence-electron chi connectivity index (χ4n) is 5.70. The lowest BCUT2D eigenvalue weighted by Gasteiger charge is -2.37. The van der Waals surface area contributed by atoms with Gasteiger partial charge in [0.15, 0.2) is 5.76 Å². The van der Waals surface area contributed by atoms with Crippen molar-refractivity contribution in [1.82, 2.24) is 5.32 Å². The average molecular weight is 468 g/mol. The molecule has 2 aliphatic carbocycles. The number of aliphatic hydroxyl groups is 1. The first-order valence-corrected chi connectivity index (χ1v) is 11.9. The van der Waals surface area contributed by atoms with E-state index in [0.29, 0.717) is 36.8 Å².